The fourth-order valence-corrected chi connectivity index (χ4v) is 2.99. The van der Waals surface area contributed by atoms with Crippen LogP contribution in [0.15, 0.2) is 24.3 Å². The first kappa shape index (κ1) is 19.8. The van der Waals surface area contributed by atoms with E-state index in [1.54, 1.807) is 7.05 Å². The predicted octanol–water partition coefficient (Wildman–Crippen LogP) is 0.437. The molecule has 1 aromatic carbocycles. The first-order chi connectivity index (χ1) is 12.4. The maximum absolute atomic E-state index is 12.8. The summed E-state index contributed by atoms with van der Waals surface area (Å²) in [6.45, 7) is 0.0456. The van der Waals surface area contributed by atoms with Crippen LogP contribution in [0.4, 0.5) is 14.9 Å². The highest BCUT2D eigenvalue weighted by atomic mass is 19.1. The zero-order chi connectivity index (χ0) is 18.9. The smallest absolute Gasteiger partial charge is 0.321 e. The molecule has 1 aliphatic rings. The van der Waals surface area contributed by atoms with Crippen molar-refractivity contribution in [3.8, 4) is 0 Å². The van der Waals surface area contributed by atoms with Gasteiger partial charge in [0.15, 0.2) is 13.1 Å². The van der Waals surface area contributed by atoms with Crippen molar-refractivity contribution in [2.24, 2.45) is 0 Å². The SMILES string of the molecule is C[NH+](CC(=O)NC(=O)NC1CCCCC1)CC(=O)Nc1ccc(F)cc1. The van der Waals surface area contributed by atoms with Gasteiger partial charge in [0.2, 0.25) is 0 Å². The number of imide groups is 1. The Bertz CT molecular complexity index is 630. The molecular weight excluding hydrogens is 339 g/mol. The Morgan fingerprint density at radius 2 is 1.65 bits per heavy atom. The van der Waals surface area contributed by atoms with E-state index in [-0.39, 0.29) is 30.9 Å². The molecule has 2 rings (SSSR count). The van der Waals surface area contributed by atoms with Crippen molar-refractivity contribution in [1.82, 2.24) is 10.6 Å². The van der Waals surface area contributed by atoms with Crippen LogP contribution < -0.4 is 20.9 Å². The molecule has 1 aliphatic carbocycles. The maximum Gasteiger partial charge on any atom is 0.321 e. The van der Waals surface area contributed by atoms with Crippen LogP contribution in [0.5, 0.6) is 0 Å². The topological polar surface area (TPSA) is 91.7 Å². The van der Waals surface area contributed by atoms with Crippen molar-refractivity contribution in [1.29, 1.82) is 0 Å². The molecule has 0 spiro atoms. The van der Waals surface area contributed by atoms with Gasteiger partial charge in [-0.25, -0.2) is 9.18 Å². The van der Waals surface area contributed by atoms with Crippen molar-refractivity contribution in [3.63, 3.8) is 0 Å². The number of rotatable bonds is 6. The van der Waals surface area contributed by atoms with Gasteiger partial charge in [-0.1, -0.05) is 19.3 Å². The van der Waals surface area contributed by atoms with E-state index in [4.69, 9.17) is 0 Å². The van der Waals surface area contributed by atoms with E-state index in [1.165, 1.54) is 30.7 Å². The van der Waals surface area contributed by atoms with Crippen LogP contribution in [0, 0.1) is 5.82 Å². The lowest BCUT2D eigenvalue weighted by atomic mass is 9.96. The molecule has 1 unspecified atom stereocenters. The summed E-state index contributed by atoms with van der Waals surface area (Å²) in [5, 5.41) is 7.75. The molecular formula is C18H26FN4O3+. The first-order valence-corrected chi connectivity index (χ1v) is 8.89. The third kappa shape index (κ3) is 7.18. The zero-order valence-corrected chi connectivity index (χ0v) is 14.9. The van der Waals surface area contributed by atoms with Crippen molar-refractivity contribution in [3.05, 3.63) is 30.1 Å². The number of hydrogen-bond donors (Lipinski definition) is 4. The number of carbonyl (C=O) groups is 3. The van der Waals surface area contributed by atoms with Gasteiger partial charge >= 0.3 is 6.03 Å². The van der Waals surface area contributed by atoms with Gasteiger partial charge in [0.1, 0.15) is 5.82 Å². The molecule has 0 radical (unpaired) electrons. The number of nitrogens with one attached hydrogen (secondary N) is 4. The lowest BCUT2D eigenvalue weighted by Crippen LogP contribution is -3.11. The van der Waals surface area contributed by atoms with Crippen LogP contribution in [0.2, 0.25) is 0 Å². The van der Waals surface area contributed by atoms with Crippen molar-refractivity contribution >= 4 is 23.5 Å². The molecule has 1 saturated carbocycles. The number of hydrogen-bond acceptors (Lipinski definition) is 3. The highest BCUT2D eigenvalue weighted by Gasteiger charge is 2.19. The van der Waals surface area contributed by atoms with E-state index in [9.17, 15) is 18.8 Å². The van der Waals surface area contributed by atoms with E-state index in [0.717, 1.165) is 25.7 Å². The zero-order valence-electron chi connectivity index (χ0n) is 14.9. The van der Waals surface area contributed by atoms with E-state index < -0.39 is 11.9 Å². The standard InChI is InChI=1S/C18H25FN4O3/c1-23(11-16(24)20-15-9-7-13(19)8-10-15)12-17(25)22-18(26)21-14-5-3-2-4-6-14/h7-10,14H,2-6,11-12H2,1H3,(H,20,24)(H2,21,22,25,26)/p+1. The molecule has 7 nitrogen and oxygen atoms in total. The Kier molecular flexibility index (Phi) is 7.53. The summed E-state index contributed by atoms with van der Waals surface area (Å²) in [5.74, 6) is -1.12. The average molecular weight is 365 g/mol. The lowest BCUT2D eigenvalue weighted by Gasteiger charge is -2.22. The van der Waals surface area contributed by atoms with Gasteiger partial charge in [0.25, 0.3) is 11.8 Å². The van der Waals surface area contributed by atoms with Gasteiger partial charge in [0.05, 0.1) is 7.05 Å². The normalized spacial score (nSPS) is 15.8. The van der Waals surface area contributed by atoms with Crippen LogP contribution in [0.1, 0.15) is 32.1 Å². The van der Waals surface area contributed by atoms with Crippen LogP contribution in [-0.2, 0) is 9.59 Å². The Hall–Kier alpha value is -2.48. The minimum Gasteiger partial charge on any atom is -0.335 e. The van der Waals surface area contributed by atoms with E-state index in [0.29, 0.717) is 10.6 Å². The minimum absolute atomic E-state index is 0.00504. The van der Waals surface area contributed by atoms with Gasteiger partial charge in [0, 0.05) is 11.7 Å². The summed E-state index contributed by atoms with van der Waals surface area (Å²) in [6.07, 6.45) is 5.25. The highest BCUT2D eigenvalue weighted by Crippen LogP contribution is 2.17. The Labute approximate surface area is 152 Å². The van der Waals surface area contributed by atoms with Crippen molar-refractivity contribution < 1.29 is 23.7 Å². The Morgan fingerprint density at radius 3 is 2.31 bits per heavy atom. The molecule has 4 N–H and O–H groups in total. The molecule has 1 fully saturated rings. The molecule has 8 heteroatoms. The quantitative estimate of drug-likeness (QED) is 0.589. The number of anilines is 1. The minimum atomic E-state index is -0.481. The van der Waals surface area contributed by atoms with Gasteiger partial charge < -0.3 is 15.5 Å². The summed E-state index contributed by atoms with van der Waals surface area (Å²) in [6, 6.07) is 5.08. The number of amides is 4. The van der Waals surface area contributed by atoms with Gasteiger partial charge in [-0.2, -0.15) is 0 Å². The predicted molar refractivity (Wildman–Crippen MR) is 95.2 cm³/mol. The van der Waals surface area contributed by atoms with Gasteiger partial charge in [-0.15, -0.1) is 0 Å². The van der Waals surface area contributed by atoms with Crippen LogP contribution in [0.25, 0.3) is 0 Å². The third-order valence-electron chi connectivity index (χ3n) is 4.25. The van der Waals surface area contributed by atoms with Gasteiger partial charge in [-0.3, -0.25) is 14.9 Å². The highest BCUT2D eigenvalue weighted by molar-refractivity contribution is 5.95. The second-order valence-corrected chi connectivity index (χ2v) is 6.72. The Balaban J connectivity index is 1.67. The molecule has 4 amide bonds. The summed E-state index contributed by atoms with van der Waals surface area (Å²) < 4.78 is 12.8. The largest absolute Gasteiger partial charge is 0.335 e. The molecule has 0 aliphatic heterocycles. The summed E-state index contributed by atoms with van der Waals surface area (Å²) in [7, 11) is 1.68. The fourth-order valence-electron chi connectivity index (χ4n) is 2.99. The monoisotopic (exact) mass is 365 g/mol. The van der Waals surface area contributed by atoms with Crippen LogP contribution >= 0.6 is 0 Å². The number of halogens is 1. The van der Waals surface area contributed by atoms with E-state index in [1.807, 2.05) is 0 Å². The van der Waals surface area contributed by atoms with Crippen molar-refractivity contribution in [2.75, 3.05) is 25.5 Å². The van der Waals surface area contributed by atoms with Crippen molar-refractivity contribution in [2.45, 2.75) is 38.1 Å². The summed E-state index contributed by atoms with van der Waals surface area (Å²) in [4.78, 5) is 36.3. The number of likely N-dealkylation sites (N-methyl/N-ethyl adjacent to an activating group) is 1. The Morgan fingerprint density at radius 1 is 1.04 bits per heavy atom. The van der Waals surface area contributed by atoms with E-state index in [2.05, 4.69) is 16.0 Å². The maximum atomic E-state index is 12.8. The first-order valence-electron chi connectivity index (χ1n) is 8.89. The molecule has 0 aromatic heterocycles. The average Bonchev–Trinajstić information content (AvgIpc) is 2.57. The molecule has 0 saturated heterocycles. The number of urea groups is 1. The third-order valence-corrected chi connectivity index (χ3v) is 4.25. The second-order valence-electron chi connectivity index (χ2n) is 6.72. The molecule has 0 bridgehead atoms. The molecule has 0 heterocycles. The summed E-state index contributed by atoms with van der Waals surface area (Å²) in [5.41, 5.74) is 0.487. The molecule has 142 valence electrons. The van der Waals surface area contributed by atoms with Crippen LogP contribution in [0.3, 0.4) is 0 Å². The van der Waals surface area contributed by atoms with E-state index >= 15 is 0 Å². The number of quaternary nitrogens is 1. The molecule has 1 aromatic rings. The fraction of sp³-hybridized carbons (Fsp3) is 0.500. The lowest BCUT2D eigenvalue weighted by molar-refractivity contribution is -0.862. The molecule has 1 atom stereocenters. The summed E-state index contributed by atoms with van der Waals surface area (Å²) >= 11 is 0. The molecule has 26 heavy (non-hydrogen) atoms. The van der Waals surface area contributed by atoms with Gasteiger partial charge in [-0.05, 0) is 37.1 Å². The van der Waals surface area contributed by atoms with Crippen LogP contribution in [-0.4, -0.2) is 44.0 Å². The second kappa shape index (κ2) is 9.86. The number of carbonyl (C=O) groups excluding carboxylic acids is 3. The number of benzene rings is 1.